The molecule has 7 heteroatoms. The Labute approximate surface area is 185 Å². The summed E-state index contributed by atoms with van der Waals surface area (Å²) in [7, 11) is 0. The number of benzene rings is 2. The predicted octanol–water partition coefficient (Wildman–Crippen LogP) is 4.95. The van der Waals surface area contributed by atoms with Crippen LogP contribution in [0, 0.1) is 6.92 Å². The number of anilines is 2. The van der Waals surface area contributed by atoms with Crippen LogP contribution in [0.25, 0.3) is 20.7 Å². The number of rotatable bonds is 5. The average molecular weight is 430 g/mol. The van der Waals surface area contributed by atoms with Crippen molar-refractivity contribution in [2.75, 3.05) is 36.6 Å². The van der Waals surface area contributed by atoms with E-state index >= 15 is 0 Å². The molecule has 0 spiro atoms. The Morgan fingerprint density at radius 3 is 2.68 bits per heavy atom. The summed E-state index contributed by atoms with van der Waals surface area (Å²) in [6, 6.07) is 20.8. The minimum Gasteiger partial charge on any atom is -0.378 e. The lowest BCUT2D eigenvalue weighted by atomic mass is 10.2. The number of nitrogens with zero attached hydrogens (tertiary/aromatic N) is 4. The Kier molecular flexibility index (Phi) is 5.60. The van der Waals surface area contributed by atoms with Gasteiger partial charge in [0.1, 0.15) is 10.6 Å². The lowest BCUT2D eigenvalue weighted by molar-refractivity contribution is 0.122. The van der Waals surface area contributed by atoms with Gasteiger partial charge < -0.3 is 9.64 Å². The molecule has 31 heavy (non-hydrogen) atoms. The van der Waals surface area contributed by atoms with Crippen LogP contribution >= 0.6 is 11.3 Å². The zero-order valence-corrected chi connectivity index (χ0v) is 18.1. The Morgan fingerprint density at radius 1 is 1.03 bits per heavy atom. The molecule has 0 atom stereocenters. The molecule has 0 aliphatic carbocycles. The molecule has 0 saturated carbocycles. The van der Waals surface area contributed by atoms with E-state index in [2.05, 4.69) is 64.8 Å². The first-order chi connectivity index (χ1) is 15.3. The third-order valence-corrected chi connectivity index (χ3v) is 6.24. The summed E-state index contributed by atoms with van der Waals surface area (Å²) < 4.78 is 5.54. The first-order valence-corrected chi connectivity index (χ1v) is 11.1. The quantitative estimate of drug-likeness (QED) is 0.359. The van der Waals surface area contributed by atoms with Crippen molar-refractivity contribution in [1.29, 1.82) is 0 Å². The number of aromatic nitrogens is 2. The molecule has 2 aromatic carbocycles. The van der Waals surface area contributed by atoms with Crippen molar-refractivity contribution in [2.24, 2.45) is 5.10 Å². The van der Waals surface area contributed by atoms with Gasteiger partial charge in [-0.3, -0.25) is 0 Å². The van der Waals surface area contributed by atoms with Crippen LogP contribution < -0.4 is 10.3 Å². The van der Waals surface area contributed by atoms with Gasteiger partial charge in [-0.1, -0.05) is 60.2 Å². The molecule has 4 aromatic rings. The van der Waals surface area contributed by atoms with Gasteiger partial charge in [-0.15, -0.1) is 11.3 Å². The average Bonchev–Trinajstić information content (AvgIpc) is 3.24. The second-order valence-corrected chi connectivity index (χ2v) is 8.48. The molecular weight excluding hydrogens is 406 g/mol. The Bertz CT molecular complexity index is 1220. The molecule has 3 heterocycles. The van der Waals surface area contributed by atoms with Gasteiger partial charge in [0.2, 0.25) is 5.95 Å². The molecule has 1 aliphatic rings. The van der Waals surface area contributed by atoms with Crippen molar-refractivity contribution in [3.63, 3.8) is 0 Å². The molecular formula is C24H23N5OS. The highest BCUT2D eigenvalue weighted by atomic mass is 32.1. The SMILES string of the molecule is Cc1cccc(/C=N/Nc2nc(N3CCOCC3)c3cc(-c4ccccc4)sc3n2)c1. The van der Waals surface area contributed by atoms with Gasteiger partial charge in [-0.2, -0.15) is 10.1 Å². The van der Waals surface area contributed by atoms with Gasteiger partial charge in [0.15, 0.2) is 0 Å². The van der Waals surface area contributed by atoms with Gasteiger partial charge in [0.25, 0.3) is 0 Å². The number of nitrogens with one attached hydrogen (secondary N) is 1. The number of morpholine rings is 1. The van der Waals surface area contributed by atoms with E-state index in [4.69, 9.17) is 14.7 Å². The van der Waals surface area contributed by atoms with E-state index in [0.29, 0.717) is 19.2 Å². The number of hydrogen-bond acceptors (Lipinski definition) is 7. The second kappa shape index (κ2) is 8.83. The normalized spacial score (nSPS) is 14.4. The van der Waals surface area contributed by atoms with Crippen LogP contribution in [0.5, 0.6) is 0 Å². The maximum Gasteiger partial charge on any atom is 0.246 e. The molecule has 156 valence electrons. The van der Waals surface area contributed by atoms with E-state index in [1.54, 1.807) is 17.6 Å². The topological polar surface area (TPSA) is 62.6 Å². The molecule has 1 N–H and O–H groups in total. The van der Waals surface area contributed by atoms with Crippen molar-refractivity contribution < 1.29 is 4.74 Å². The minimum atomic E-state index is 0.499. The van der Waals surface area contributed by atoms with E-state index in [1.807, 2.05) is 18.2 Å². The van der Waals surface area contributed by atoms with Crippen LogP contribution in [0.1, 0.15) is 11.1 Å². The van der Waals surface area contributed by atoms with Crippen LogP contribution in [0.15, 0.2) is 65.8 Å². The first kappa shape index (κ1) is 19.7. The van der Waals surface area contributed by atoms with E-state index in [9.17, 15) is 0 Å². The monoisotopic (exact) mass is 429 g/mol. The first-order valence-electron chi connectivity index (χ1n) is 10.3. The van der Waals surface area contributed by atoms with Crippen LogP contribution in [0.3, 0.4) is 0 Å². The fraction of sp³-hybridized carbons (Fsp3) is 0.208. The molecule has 0 radical (unpaired) electrons. The highest BCUT2D eigenvalue weighted by Crippen LogP contribution is 2.37. The van der Waals surface area contributed by atoms with Gasteiger partial charge in [0, 0.05) is 18.0 Å². The second-order valence-electron chi connectivity index (χ2n) is 7.45. The van der Waals surface area contributed by atoms with E-state index < -0.39 is 0 Å². The molecule has 0 unspecified atom stereocenters. The minimum absolute atomic E-state index is 0.499. The van der Waals surface area contributed by atoms with Crippen molar-refractivity contribution in [3.8, 4) is 10.4 Å². The van der Waals surface area contributed by atoms with Gasteiger partial charge in [-0.25, -0.2) is 10.4 Å². The van der Waals surface area contributed by atoms with Crippen molar-refractivity contribution >= 4 is 39.5 Å². The molecule has 2 aromatic heterocycles. The highest BCUT2D eigenvalue weighted by Gasteiger charge is 2.19. The standard InChI is InChI=1S/C24H23N5OS/c1-17-6-5-7-18(14-17)16-25-28-24-26-22(29-10-12-30-13-11-29)20-15-21(31-23(20)27-24)19-8-3-2-4-9-19/h2-9,14-16H,10-13H2,1H3,(H,26,27,28)/b25-16+. The lowest BCUT2D eigenvalue weighted by Gasteiger charge is -2.28. The number of ether oxygens (including phenoxy) is 1. The number of hydrazone groups is 1. The summed E-state index contributed by atoms with van der Waals surface area (Å²) in [6.45, 7) is 5.10. The summed E-state index contributed by atoms with van der Waals surface area (Å²) in [6.07, 6.45) is 1.79. The summed E-state index contributed by atoms with van der Waals surface area (Å²) in [5.74, 6) is 1.43. The molecule has 1 aliphatic heterocycles. The fourth-order valence-electron chi connectivity index (χ4n) is 3.63. The lowest BCUT2D eigenvalue weighted by Crippen LogP contribution is -2.37. The zero-order valence-electron chi connectivity index (χ0n) is 17.3. The third-order valence-electron chi connectivity index (χ3n) is 5.16. The van der Waals surface area contributed by atoms with Crippen molar-refractivity contribution in [1.82, 2.24) is 9.97 Å². The summed E-state index contributed by atoms with van der Waals surface area (Å²) in [5, 5.41) is 5.44. The Hall–Kier alpha value is -3.29. The molecule has 0 bridgehead atoms. The van der Waals surface area contributed by atoms with E-state index in [0.717, 1.165) is 34.7 Å². The molecule has 6 nitrogen and oxygen atoms in total. The highest BCUT2D eigenvalue weighted by molar-refractivity contribution is 7.22. The number of thiophene rings is 1. The molecule has 0 amide bonds. The Morgan fingerprint density at radius 2 is 1.87 bits per heavy atom. The van der Waals surface area contributed by atoms with E-state index in [-0.39, 0.29) is 0 Å². The van der Waals surface area contributed by atoms with Gasteiger partial charge >= 0.3 is 0 Å². The molecule has 1 saturated heterocycles. The summed E-state index contributed by atoms with van der Waals surface area (Å²) in [5.41, 5.74) is 6.44. The maximum absolute atomic E-state index is 5.54. The largest absolute Gasteiger partial charge is 0.378 e. The van der Waals surface area contributed by atoms with Gasteiger partial charge in [-0.05, 0) is 24.1 Å². The Balaban J connectivity index is 1.50. The smallest absolute Gasteiger partial charge is 0.246 e. The van der Waals surface area contributed by atoms with Crippen LogP contribution in [0.4, 0.5) is 11.8 Å². The van der Waals surface area contributed by atoms with Crippen molar-refractivity contribution in [3.05, 3.63) is 71.8 Å². The van der Waals surface area contributed by atoms with E-state index in [1.165, 1.54) is 16.0 Å². The van der Waals surface area contributed by atoms with Crippen LogP contribution in [0.2, 0.25) is 0 Å². The number of fused-ring (bicyclic) bond motifs is 1. The summed E-state index contributed by atoms with van der Waals surface area (Å²) >= 11 is 1.67. The number of hydrogen-bond donors (Lipinski definition) is 1. The number of aryl methyl sites for hydroxylation is 1. The van der Waals surface area contributed by atoms with Gasteiger partial charge in [0.05, 0.1) is 24.8 Å². The zero-order chi connectivity index (χ0) is 21.0. The summed E-state index contributed by atoms with van der Waals surface area (Å²) in [4.78, 5) is 14.0. The molecule has 5 rings (SSSR count). The third kappa shape index (κ3) is 4.42. The fourth-order valence-corrected chi connectivity index (χ4v) is 4.66. The van der Waals surface area contributed by atoms with Crippen LogP contribution in [-0.2, 0) is 4.74 Å². The predicted molar refractivity (Wildman–Crippen MR) is 128 cm³/mol. The molecule has 1 fully saturated rings. The van der Waals surface area contributed by atoms with Crippen molar-refractivity contribution in [2.45, 2.75) is 6.92 Å². The van der Waals surface area contributed by atoms with Crippen LogP contribution in [-0.4, -0.2) is 42.5 Å². The maximum atomic E-state index is 5.54.